The van der Waals surface area contributed by atoms with E-state index in [9.17, 15) is 14.4 Å². The molecule has 10 heteroatoms. The maximum atomic E-state index is 13.2. The summed E-state index contributed by atoms with van der Waals surface area (Å²) in [4.78, 5) is 42.6. The Morgan fingerprint density at radius 1 is 1.10 bits per heavy atom. The molecule has 2 aromatic heterocycles. The molecule has 2 N–H and O–H groups in total. The second-order valence-electron chi connectivity index (χ2n) is 9.57. The van der Waals surface area contributed by atoms with E-state index in [1.54, 1.807) is 23.8 Å². The Morgan fingerprint density at radius 2 is 1.95 bits per heavy atom. The summed E-state index contributed by atoms with van der Waals surface area (Å²) in [5.41, 5.74) is 2.77. The third kappa shape index (κ3) is 8.69. The van der Waals surface area contributed by atoms with Gasteiger partial charge in [-0.15, -0.1) is 11.3 Å². The molecular weight excluding hydrogens is 532 g/mol. The van der Waals surface area contributed by atoms with Crippen LogP contribution in [0.2, 0.25) is 0 Å². The first-order valence-corrected chi connectivity index (χ1v) is 15.4. The Labute approximate surface area is 237 Å². The molecule has 4 rings (SSSR count). The van der Waals surface area contributed by atoms with Crippen LogP contribution in [-0.2, 0) is 16.1 Å². The van der Waals surface area contributed by atoms with Crippen LogP contribution in [0.3, 0.4) is 0 Å². The van der Waals surface area contributed by atoms with Gasteiger partial charge >= 0.3 is 0 Å². The fraction of sp³-hybridized carbons (Fsp3) is 0.448. The molecule has 1 aliphatic carbocycles. The van der Waals surface area contributed by atoms with E-state index in [0.717, 1.165) is 43.5 Å². The number of ether oxygens (including phenoxy) is 1. The Kier molecular flexibility index (Phi) is 11.0. The highest BCUT2D eigenvalue weighted by Crippen LogP contribution is 2.22. The van der Waals surface area contributed by atoms with Crippen molar-refractivity contribution in [1.82, 2.24) is 14.9 Å². The highest BCUT2D eigenvalue weighted by atomic mass is 32.2. The molecule has 0 bridgehead atoms. The third-order valence-electron chi connectivity index (χ3n) is 6.68. The van der Waals surface area contributed by atoms with Gasteiger partial charge in [-0.2, -0.15) is 0 Å². The van der Waals surface area contributed by atoms with E-state index < -0.39 is 0 Å². The molecule has 0 fully saturated rings. The lowest BCUT2D eigenvalue weighted by Gasteiger charge is -2.14. The molecule has 1 aromatic carbocycles. The predicted molar refractivity (Wildman–Crippen MR) is 159 cm³/mol. The summed E-state index contributed by atoms with van der Waals surface area (Å²) >= 11 is 2.69. The Hall–Kier alpha value is -3.11. The summed E-state index contributed by atoms with van der Waals surface area (Å²) in [5, 5.41) is 8.33. The second-order valence-corrected chi connectivity index (χ2v) is 11.4. The van der Waals surface area contributed by atoms with Crippen LogP contribution >= 0.6 is 23.1 Å². The van der Waals surface area contributed by atoms with Gasteiger partial charge in [-0.3, -0.25) is 19.0 Å². The molecule has 0 unspecified atom stereocenters. The summed E-state index contributed by atoms with van der Waals surface area (Å²) in [5.74, 6) is 0.864. The van der Waals surface area contributed by atoms with Crippen LogP contribution < -0.4 is 20.9 Å². The molecule has 1 aliphatic rings. The van der Waals surface area contributed by atoms with E-state index in [1.165, 1.54) is 41.5 Å². The van der Waals surface area contributed by atoms with Crippen LogP contribution in [0.1, 0.15) is 57.8 Å². The van der Waals surface area contributed by atoms with Crippen molar-refractivity contribution in [2.24, 2.45) is 0 Å². The lowest BCUT2D eigenvalue weighted by atomic mass is 9.97. The molecule has 2 heterocycles. The third-order valence-corrected chi connectivity index (χ3v) is 8.54. The molecule has 0 radical (unpaired) electrons. The molecule has 208 valence electrons. The Balaban J connectivity index is 1.25. The molecule has 3 aromatic rings. The van der Waals surface area contributed by atoms with Gasteiger partial charge < -0.3 is 15.4 Å². The van der Waals surface area contributed by atoms with Crippen molar-refractivity contribution in [2.75, 3.05) is 24.7 Å². The van der Waals surface area contributed by atoms with E-state index in [0.29, 0.717) is 41.3 Å². The number of allylic oxidation sites excluding steroid dienone is 1. The van der Waals surface area contributed by atoms with Gasteiger partial charge in [0.1, 0.15) is 10.4 Å². The van der Waals surface area contributed by atoms with Crippen LogP contribution in [0.4, 0.5) is 5.69 Å². The fourth-order valence-corrected chi connectivity index (χ4v) is 6.17. The van der Waals surface area contributed by atoms with Gasteiger partial charge in [0.15, 0.2) is 5.16 Å². The fourth-order valence-electron chi connectivity index (χ4n) is 4.54. The molecule has 8 nitrogen and oxygen atoms in total. The van der Waals surface area contributed by atoms with E-state index in [2.05, 4.69) is 21.7 Å². The highest BCUT2D eigenvalue weighted by Gasteiger charge is 2.14. The van der Waals surface area contributed by atoms with E-state index >= 15 is 0 Å². The first-order valence-electron chi connectivity index (χ1n) is 13.5. The number of nitrogens with one attached hydrogen (secondary N) is 2. The van der Waals surface area contributed by atoms with Crippen LogP contribution in [0.15, 0.2) is 57.3 Å². The number of unbranched alkanes of at least 4 members (excludes halogenated alkanes) is 2. The number of carbonyl (C=O) groups excluding carboxylic acids is 2. The van der Waals surface area contributed by atoms with Gasteiger partial charge in [0, 0.05) is 25.2 Å². The minimum Gasteiger partial charge on any atom is -0.497 e. The molecule has 0 saturated heterocycles. The topological polar surface area (TPSA) is 102 Å². The number of hydrogen-bond donors (Lipinski definition) is 2. The average Bonchev–Trinajstić information content (AvgIpc) is 3.43. The summed E-state index contributed by atoms with van der Waals surface area (Å²) in [6.45, 7) is 1.14. The largest absolute Gasteiger partial charge is 0.497 e. The number of thioether (sulfide) groups is 1. The Morgan fingerprint density at radius 3 is 2.72 bits per heavy atom. The van der Waals surface area contributed by atoms with Gasteiger partial charge in [0.2, 0.25) is 11.8 Å². The van der Waals surface area contributed by atoms with Crippen LogP contribution in [0.25, 0.3) is 10.2 Å². The molecule has 0 atom stereocenters. The lowest BCUT2D eigenvalue weighted by Crippen LogP contribution is -2.28. The summed E-state index contributed by atoms with van der Waals surface area (Å²) in [6, 6.07) is 9.07. The lowest BCUT2D eigenvalue weighted by molar-refractivity contribution is -0.118. The zero-order chi connectivity index (χ0) is 27.5. The van der Waals surface area contributed by atoms with Gasteiger partial charge in [-0.05, 0) is 80.7 Å². The SMILES string of the molecule is COc1ccc(NC(=O)CCCCCn2c(SCC(=O)NCCC3=CCCCC3)nc3ccsc3c2=O)cc1. The number of hydrogen-bond acceptors (Lipinski definition) is 7. The zero-order valence-corrected chi connectivity index (χ0v) is 24.0. The number of anilines is 1. The monoisotopic (exact) mass is 568 g/mol. The van der Waals surface area contributed by atoms with Crippen molar-refractivity contribution in [1.29, 1.82) is 0 Å². The van der Waals surface area contributed by atoms with E-state index in [1.807, 2.05) is 23.6 Å². The number of thiophene rings is 1. The van der Waals surface area contributed by atoms with Crippen molar-refractivity contribution >= 4 is 50.8 Å². The molecular formula is C29H36N4O4S2. The average molecular weight is 569 g/mol. The Bertz CT molecular complexity index is 1350. The number of carbonyl (C=O) groups is 2. The molecule has 0 aliphatic heterocycles. The van der Waals surface area contributed by atoms with E-state index in [-0.39, 0.29) is 23.1 Å². The van der Waals surface area contributed by atoms with E-state index in [4.69, 9.17) is 4.74 Å². The number of rotatable bonds is 14. The van der Waals surface area contributed by atoms with Crippen molar-refractivity contribution in [2.45, 2.75) is 69.5 Å². The molecule has 0 saturated carbocycles. The summed E-state index contributed by atoms with van der Waals surface area (Å²) in [7, 11) is 1.60. The maximum Gasteiger partial charge on any atom is 0.272 e. The summed E-state index contributed by atoms with van der Waals surface area (Å²) in [6.07, 6.45) is 10.6. The zero-order valence-electron chi connectivity index (χ0n) is 22.4. The van der Waals surface area contributed by atoms with Crippen LogP contribution in [0, 0.1) is 0 Å². The van der Waals surface area contributed by atoms with Crippen molar-refractivity contribution in [3.63, 3.8) is 0 Å². The predicted octanol–water partition coefficient (Wildman–Crippen LogP) is 5.76. The first kappa shape index (κ1) is 28.9. The standard InChI is InChI=1S/C29H36N4O4S2/c1-37-23-13-11-22(12-14-23)31-25(34)10-6-3-7-18-33-28(36)27-24(16-19-38-27)32-29(33)39-20-26(35)30-17-15-21-8-4-2-5-9-21/h8,11-14,16,19H,2-7,9-10,15,17-18,20H2,1H3,(H,30,35)(H,31,34). The number of aromatic nitrogens is 2. The second kappa shape index (κ2) is 14.9. The minimum absolute atomic E-state index is 0.0407. The quantitative estimate of drug-likeness (QED) is 0.111. The number of nitrogens with zero attached hydrogens (tertiary/aromatic N) is 2. The number of amides is 2. The number of benzene rings is 1. The minimum atomic E-state index is -0.0700. The van der Waals surface area contributed by atoms with Crippen molar-refractivity contribution in [3.8, 4) is 5.75 Å². The number of fused-ring (bicyclic) bond motifs is 1. The maximum absolute atomic E-state index is 13.2. The smallest absolute Gasteiger partial charge is 0.272 e. The van der Waals surface area contributed by atoms with Crippen molar-refractivity contribution in [3.05, 3.63) is 57.7 Å². The van der Waals surface area contributed by atoms with Crippen molar-refractivity contribution < 1.29 is 14.3 Å². The van der Waals surface area contributed by atoms with Gasteiger partial charge in [0.25, 0.3) is 5.56 Å². The molecule has 2 amide bonds. The van der Waals surface area contributed by atoms with Gasteiger partial charge in [-0.1, -0.05) is 29.8 Å². The molecule has 39 heavy (non-hydrogen) atoms. The summed E-state index contributed by atoms with van der Waals surface area (Å²) < 4.78 is 7.45. The van der Waals surface area contributed by atoms with Gasteiger partial charge in [-0.25, -0.2) is 4.98 Å². The highest BCUT2D eigenvalue weighted by molar-refractivity contribution is 7.99. The normalized spacial score (nSPS) is 13.2. The first-order chi connectivity index (χ1) is 19.0. The number of methoxy groups -OCH3 is 1. The van der Waals surface area contributed by atoms with Crippen LogP contribution in [0.5, 0.6) is 5.75 Å². The van der Waals surface area contributed by atoms with Gasteiger partial charge in [0.05, 0.1) is 18.4 Å². The molecule has 0 spiro atoms. The van der Waals surface area contributed by atoms with Crippen LogP contribution in [-0.4, -0.2) is 40.8 Å².